The summed E-state index contributed by atoms with van der Waals surface area (Å²) in [7, 11) is 2.17. The van der Waals surface area contributed by atoms with Crippen molar-refractivity contribution in [3.8, 4) is 0 Å². The molecule has 1 aliphatic heterocycles. The zero-order valence-corrected chi connectivity index (χ0v) is 14.1. The highest BCUT2D eigenvalue weighted by Gasteiger charge is 2.37. The third-order valence-electron chi connectivity index (χ3n) is 4.89. The number of nitrogens with two attached hydrogens (primary N) is 1. The quantitative estimate of drug-likeness (QED) is 0.844. The summed E-state index contributed by atoms with van der Waals surface area (Å²) in [5.74, 6) is 0. The molecule has 1 saturated heterocycles. The van der Waals surface area contributed by atoms with E-state index in [0.29, 0.717) is 0 Å². The molecule has 2 heterocycles. The standard InChI is InChI=1S/C15H30N6/c1-14(2,15(3,4)16)13-11-21(18-17-13)8-6-7-20-10-9-19(5)12-20/h11H,6-10,12,16H2,1-5H3. The molecule has 0 unspecified atom stereocenters. The second-order valence-corrected chi connectivity index (χ2v) is 7.41. The van der Waals surface area contributed by atoms with E-state index in [1.807, 2.05) is 24.7 Å². The number of hydrogen-bond acceptors (Lipinski definition) is 5. The zero-order chi connectivity index (χ0) is 15.7. The van der Waals surface area contributed by atoms with Crippen LogP contribution < -0.4 is 5.73 Å². The molecule has 1 aromatic rings. The molecular formula is C15H30N6. The van der Waals surface area contributed by atoms with Gasteiger partial charge in [0.1, 0.15) is 0 Å². The molecule has 0 aliphatic carbocycles. The maximum Gasteiger partial charge on any atom is 0.0901 e. The Balaban J connectivity index is 1.86. The Morgan fingerprint density at radius 2 is 1.90 bits per heavy atom. The van der Waals surface area contributed by atoms with E-state index in [1.54, 1.807) is 0 Å². The van der Waals surface area contributed by atoms with Gasteiger partial charge in [-0.15, -0.1) is 5.10 Å². The van der Waals surface area contributed by atoms with Gasteiger partial charge in [-0.05, 0) is 27.3 Å². The van der Waals surface area contributed by atoms with Crippen LogP contribution in [0.3, 0.4) is 0 Å². The van der Waals surface area contributed by atoms with Crippen LogP contribution >= 0.6 is 0 Å². The highest BCUT2D eigenvalue weighted by Crippen LogP contribution is 2.31. The lowest BCUT2D eigenvalue weighted by Crippen LogP contribution is -2.50. The average Bonchev–Trinajstić information content (AvgIpc) is 2.97. The Bertz CT molecular complexity index is 459. The normalized spacial score (nSPS) is 18.6. The van der Waals surface area contributed by atoms with E-state index < -0.39 is 0 Å². The van der Waals surface area contributed by atoms with E-state index in [2.05, 4.69) is 41.0 Å². The number of likely N-dealkylation sites (N-methyl/N-ethyl adjacent to an activating group) is 1. The van der Waals surface area contributed by atoms with Gasteiger partial charge < -0.3 is 5.73 Å². The SMILES string of the molecule is CN1CCN(CCCn2cc(C(C)(C)C(C)(C)N)nn2)C1. The molecule has 2 N–H and O–H groups in total. The maximum atomic E-state index is 6.26. The van der Waals surface area contributed by atoms with Crippen molar-refractivity contribution in [3.05, 3.63) is 11.9 Å². The number of nitrogens with zero attached hydrogens (tertiary/aromatic N) is 5. The molecule has 120 valence electrons. The van der Waals surface area contributed by atoms with E-state index in [-0.39, 0.29) is 11.0 Å². The monoisotopic (exact) mass is 294 g/mol. The highest BCUT2D eigenvalue weighted by atomic mass is 15.4. The minimum atomic E-state index is -0.325. The average molecular weight is 294 g/mol. The lowest BCUT2D eigenvalue weighted by Gasteiger charge is -2.36. The number of aryl methyl sites for hydroxylation is 1. The van der Waals surface area contributed by atoms with Crippen LogP contribution in [0.15, 0.2) is 6.20 Å². The maximum absolute atomic E-state index is 6.26. The van der Waals surface area contributed by atoms with Crippen LogP contribution in [-0.2, 0) is 12.0 Å². The van der Waals surface area contributed by atoms with Crippen molar-refractivity contribution in [3.63, 3.8) is 0 Å². The smallest absolute Gasteiger partial charge is 0.0901 e. The van der Waals surface area contributed by atoms with Crippen LogP contribution in [0, 0.1) is 0 Å². The Kier molecular flexibility index (Phi) is 4.70. The summed E-state index contributed by atoms with van der Waals surface area (Å²) in [6.07, 6.45) is 3.15. The molecule has 1 fully saturated rings. The summed E-state index contributed by atoms with van der Waals surface area (Å²) in [4.78, 5) is 4.82. The summed E-state index contributed by atoms with van der Waals surface area (Å²) in [6.45, 7) is 13.8. The number of aromatic nitrogens is 3. The minimum Gasteiger partial charge on any atom is -0.325 e. The third kappa shape index (κ3) is 3.81. The van der Waals surface area contributed by atoms with Crippen molar-refractivity contribution in [2.24, 2.45) is 5.73 Å². The van der Waals surface area contributed by atoms with Crippen LogP contribution in [0.1, 0.15) is 39.8 Å². The Morgan fingerprint density at radius 1 is 1.19 bits per heavy atom. The molecule has 0 spiro atoms. The van der Waals surface area contributed by atoms with E-state index >= 15 is 0 Å². The zero-order valence-electron chi connectivity index (χ0n) is 14.1. The Hall–Kier alpha value is -0.980. The van der Waals surface area contributed by atoms with Crippen molar-refractivity contribution in [1.82, 2.24) is 24.8 Å². The van der Waals surface area contributed by atoms with Crippen molar-refractivity contribution < 1.29 is 0 Å². The van der Waals surface area contributed by atoms with Gasteiger partial charge in [-0.2, -0.15) is 0 Å². The van der Waals surface area contributed by atoms with Gasteiger partial charge in [-0.3, -0.25) is 14.5 Å². The van der Waals surface area contributed by atoms with Gasteiger partial charge >= 0.3 is 0 Å². The predicted molar refractivity (Wildman–Crippen MR) is 85.0 cm³/mol. The minimum absolute atomic E-state index is 0.192. The van der Waals surface area contributed by atoms with Crippen molar-refractivity contribution in [1.29, 1.82) is 0 Å². The fraction of sp³-hybridized carbons (Fsp3) is 0.867. The fourth-order valence-electron chi connectivity index (χ4n) is 2.46. The van der Waals surface area contributed by atoms with Crippen molar-refractivity contribution >= 4 is 0 Å². The molecule has 6 nitrogen and oxygen atoms in total. The van der Waals surface area contributed by atoms with Gasteiger partial charge in [0, 0.05) is 43.3 Å². The third-order valence-corrected chi connectivity index (χ3v) is 4.89. The summed E-state index contributed by atoms with van der Waals surface area (Å²) in [5.41, 5.74) is 6.71. The molecular weight excluding hydrogens is 264 g/mol. The van der Waals surface area contributed by atoms with Gasteiger partial charge in [-0.25, -0.2) is 0 Å². The van der Waals surface area contributed by atoms with Crippen LogP contribution in [-0.4, -0.2) is 63.7 Å². The Morgan fingerprint density at radius 3 is 2.48 bits per heavy atom. The van der Waals surface area contributed by atoms with Crippen LogP contribution in [0.25, 0.3) is 0 Å². The molecule has 6 heteroatoms. The molecule has 0 radical (unpaired) electrons. The first kappa shape index (κ1) is 16.4. The van der Waals surface area contributed by atoms with Crippen molar-refractivity contribution in [2.45, 2.75) is 51.6 Å². The molecule has 0 atom stereocenters. The van der Waals surface area contributed by atoms with Gasteiger partial charge in [0.2, 0.25) is 0 Å². The lowest BCUT2D eigenvalue weighted by atomic mass is 9.73. The second kappa shape index (κ2) is 6.02. The lowest BCUT2D eigenvalue weighted by molar-refractivity contribution is 0.266. The Labute approximate surface area is 128 Å². The first-order valence-corrected chi connectivity index (χ1v) is 7.80. The fourth-order valence-corrected chi connectivity index (χ4v) is 2.46. The largest absolute Gasteiger partial charge is 0.325 e. The van der Waals surface area contributed by atoms with Gasteiger partial charge in [-0.1, -0.05) is 19.1 Å². The number of rotatable bonds is 6. The van der Waals surface area contributed by atoms with Crippen LogP contribution in [0.5, 0.6) is 0 Å². The van der Waals surface area contributed by atoms with E-state index in [9.17, 15) is 0 Å². The molecule has 1 aliphatic rings. The predicted octanol–water partition coefficient (Wildman–Crippen LogP) is 0.888. The second-order valence-electron chi connectivity index (χ2n) is 7.41. The van der Waals surface area contributed by atoms with E-state index in [1.165, 1.54) is 13.1 Å². The summed E-state index contributed by atoms with van der Waals surface area (Å²) in [5, 5.41) is 8.59. The first-order valence-electron chi connectivity index (χ1n) is 7.80. The van der Waals surface area contributed by atoms with Gasteiger partial charge in [0.05, 0.1) is 12.4 Å². The van der Waals surface area contributed by atoms with Crippen molar-refractivity contribution in [2.75, 3.05) is 33.4 Å². The molecule has 1 aromatic heterocycles. The molecule has 21 heavy (non-hydrogen) atoms. The molecule has 0 amide bonds. The molecule has 0 aromatic carbocycles. The first-order chi connectivity index (χ1) is 9.70. The number of hydrogen-bond donors (Lipinski definition) is 1. The van der Waals surface area contributed by atoms with E-state index in [0.717, 1.165) is 31.9 Å². The molecule has 0 bridgehead atoms. The molecule has 2 rings (SSSR count). The summed E-state index contributed by atoms with van der Waals surface area (Å²) < 4.78 is 1.95. The highest BCUT2D eigenvalue weighted by molar-refractivity contribution is 5.16. The molecule has 0 saturated carbocycles. The van der Waals surface area contributed by atoms with Crippen LogP contribution in [0.4, 0.5) is 0 Å². The summed E-state index contributed by atoms with van der Waals surface area (Å²) in [6, 6.07) is 0. The van der Waals surface area contributed by atoms with Gasteiger partial charge in [0.25, 0.3) is 0 Å². The summed E-state index contributed by atoms with van der Waals surface area (Å²) >= 11 is 0. The van der Waals surface area contributed by atoms with Gasteiger partial charge in [0.15, 0.2) is 0 Å². The van der Waals surface area contributed by atoms with E-state index in [4.69, 9.17) is 5.73 Å². The van der Waals surface area contributed by atoms with Crippen LogP contribution in [0.2, 0.25) is 0 Å². The topological polar surface area (TPSA) is 63.2 Å².